The van der Waals surface area contributed by atoms with E-state index in [1.807, 2.05) is 83.5 Å². The zero-order valence-corrected chi connectivity index (χ0v) is 17.3. The van der Waals surface area contributed by atoms with Crippen molar-refractivity contribution in [2.24, 2.45) is 7.05 Å². The van der Waals surface area contributed by atoms with E-state index in [0.717, 1.165) is 22.5 Å². The summed E-state index contributed by atoms with van der Waals surface area (Å²) in [5.41, 5.74) is 4.03. The van der Waals surface area contributed by atoms with Gasteiger partial charge in [-0.3, -0.25) is 0 Å². The van der Waals surface area contributed by atoms with Crippen LogP contribution >= 0.6 is 0 Å². The average Bonchev–Trinajstić information content (AvgIpc) is 2.74. The van der Waals surface area contributed by atoms with Crippen molar-refractivity contribution in [3.63, 3.8) is 0 Å². The molecular formula is C18H27NO2Re. The number of nitrogens with zero attached hydrogens (tertiary/aromatic N) is 1. The van der Waals surface area contributed by atoms with E-state index in [2.05, 4.69) is 0 Å². The maximum atomic E-state index is 11.2. The molecule has 0 spiro atoms. The summed E-state index contributed by atoms with van der Waals surface area (Å²) in [4.78, 5) is 11.2. The van der Waals surface area contributed by atoms with Crippen molar-refractivity contribution >= 4 is 5.97 Å². The molecule has 1 radical (unpaired) electrons. The number of benzene rings is 1. The molecule has 1 heterocycles. The molecule has 0 bridgehead atoms. The zero-order chi connectivity index (χ0) is 16.6. The predicted octanol–water partition coefficient (Wildman–Crippen LogP) is 5.06. The largest absolute Gasteiger partial charge is 0.478 e. The Bertz CT molecular complexity index is 575. The van der Waals surface area contributed by atoms with Crippen LogP contribution in [0.2, 0.25) is 0 Å². The van der Waals surface area contributed by atoms with E-state index in [1.54, 1.807) is 0 Å². The number of hydrogen-bond acceptors (Lipinski definition) is 1. The number of aromatic nitrogens is 1. The summed E-state index contributed by atoms with van der Waals surface area (Å²) < 4.78 is 1.94. The first-order valence-corrected chi connectivity index (χ1v) is 7.48. The normalized spacial score (nSPS) is 8.68. The summed E-state index contributed by atoms with van der Waals surface area (Å²) in [6, 6.07) is 9.85. The Hall–Kier alpha value is -1.37. The predicted molar refractivity (Wildman–Crippen MR) is 90.0 cm³/mol. The van der Waals surface area contributed by atoms with Gasteiger partial charge in [0, 0.05) is 33.2 Å². The molecule has 3 nitrogen and oxygen atoms in total. The van der Waals surface area contributed by atoms with Gasteiger partial charge in [-0.2, -0.15) is 0 Å². The Morgan fingerprint density at radius 3 is 1.82 bits per heavy atom. The van der Waals surface area contributed by atoms with Crippen molar-refractivity contribution in [2.45, 2.75) is 41.5 Å². The summed E-state index contributed by atoms with van der Waals surface area (Å²) in [5.74, 6) is -0.863. The molecule has 0 aliphatic rings. The van der Waals surface area contributed by atoms with Gasteiger partial charge >= 0.3 is 5.97 Å². The third-order valence-electron chi connectivity index (χ3n) is 3.19. The van der Waals surface area contributed by atoms with Crippen LogP contribution in [0.5, 0.6) is 0 Å². The fourth-order valence-electron chi connectivity index (χ4n) is 2.30. The van der Waals surface area contributed by atoms with Crippen LogP contribution < -0.4 is 0 Å². The molecule has 1 aromatic carbocycles. The van der Waals surface area contributed by atoms with Crippen LogP contribution in [-0.4, -0.2) is 15.6 Å². The standard InChI is InChI=1S/C14H15NO2.2C2H6.Re/c1-9-12(14(16)17)10(2)15(3)13(9)11-7-5-4-6-8-11;2*1-2;/h4-8H,1-3H3,(H,16,17);2*1-2H3;. The molecule has 123 valence electrons. The monoisotopic (exact) mass is 476 g/mol. The molecule has 0 amide bonds. The number of rotatable bonds is 2. The first-order chi connectivity index (χ1) is 10.0. The van der Waals surface area contributed by atoms with E-state index >= 15 is 0 Å². The quantitative estimate of drug-likeness (QED) is 0.660. The van der Waals surface area contributed by atoms with E-state index in [-0.39, 0.29) is 20.4 Å². The Balaban J connectivity index is 0. The molecular weight excluding hydrogens is 448 g/mol. The number of carboxylic acid groups (broad SMARTS) is 1. The second-order valence-corrected chi connectivity index (χ2v) is 4.16. The molecule has 0 aliphatic carbocycles. The molecule has 0 atom stereocenters. The van der Waals surface area contributed by atoms with E-state index in [0.29, 0.717) is 5.56 Å². The van der Waals surface area contributed by atoms with Crippen molar-refractivity contribution in [2.75, 3.05) is 0 Å². The van der Waals surface area contributed by atoms with Crippen LogP contribution in [-0.2, 0) is 27.5 Å². The molecule has 2 aromatic rings. The minimum atomic E-state index is -0.863. The van der Waals surface area contributed by atoms with E-state index in [1.165, 1.54) is 0 Å². The van der Waals surface area contributed by atoms with Crippen molar-refractivity contribution < 1.29 is 30.3 Å². The van der Waals surface area contributed by atoms with Gasteiger partial charge in [-0.05, 0) is 25.0 Å². The maximum Gasteiger partial charge on any atom is 0.337 e. The molecule has 4 heteroatoms. The Kier molecular flexibility index (Phi) is 11.7. The van der Waals surface area contributed by atoms with Crippen LogP contribution in [0.3, 0.4) is 0 Å². The first-order valence-electron chi connectivity index (χ1n) is 7.48. The van der Waals surface area contributed by atoms with Crippen molar-refractivity contribution in [3.05, 3.63) is 47.2 Å². The fraction of sp³-hybridized carbons (Fsp3) is 0.389. The SMILES string of the molecule is CC.CC.Cc1c(C(=O)O)c(C)n(C)c1-c1ccccc1.[Re]. The van der Waals surface area contributed by atoms with Gasteiger partial charge in [-0.15, -0.1) is 0 Å². The molecule has 0 saturated heterocycles. The van der Waals surface area contributed by atoms with Gasteiger partial charge in [0.2, 0.25) is 0 Å². The molecule has 22 heavy (non-hydrogen) atoms. The van der Waals surface area contributed by atoms with Crippen LogP contribution in [0, 0.1) is 13.8 Å². The minimum absolute atomic E-state index is 0. The van der Waals surface area contributed by atoms with Gasteiger partial charge in [-0.25, -0.2) is 4.79 Å². The second kappa shape index (κ2) is 11.2. The first kappa shape index (κ1) is 22.9. The van der Waals surface area contributed by atoms with Gasteiger partial charge in [0.15, 0.2) is 0 Å². The molecule has 0 unspecified atom stereocenters. The maximum absolute atomic E-state index is 11.2. The van der Waals surface area contributed by atoms with Gasteiger partial charge in [0.05, 0.1) is 11.3 Å². The smallest absolute Gasteiger partial charge is 0.337 e. The number of aromatic carboxylic acids is 1. The van der Waals surface area contributed by atoms with Crippen molar-refractivity contribution in [1.82, 2.24) is 4.57 Å². The molecule has 0 saturated carbocycles. The summed E-state index contributed by atoms with van der Waals surface area (Å²) in [7, 11) is 1.90. The van der Waals surface area contributed by atoms with Gasteiger partial charge in [-0.1, -0.05) is 58.0 Å². The van der Waals surface area contributed by atoms with E-state index in [9.17, 15) is 9.90 Å². The number of hydrogen-bond donors (Lipinski definition) is 1. The van der Waals surface area contributed by atoms with Crippen LogP contribution in [0.25, 0.3) is 11.3 Å². The fourth-order valence-corrected chi connectivity index (χ4v) is 2.30. The molecule has 1 N–H and O–H groups in total. The number of carboxylic acids is 1. The van der Waals surface area contributed by atoms with Crippen molar-refractivity contribution in [1.29, 1.82) is 0 Å². The van der Waals surface area contributed by atoms with Crippen molar-refractivity contribution in [3.8, 4) is 11.3 Å². The topological polar surface area (TPSA) is 42.2 Å². The molecule has 0 fully saturated rings. The Morgan fingerprint density at radius 1 is 1.00 bits per heavy atom. The third kappa shape index (κ3) is 4.83. The Morgan fingerprint density at radius 2 is 1.45 bits per heavy atom. The second-order valence-electron chi connectivity index (χ2n) is 4.16. The van der Waals surface area contributed by atoms with Gasteiger partial charge in [0.25, 0.3) is 0 Å². The van der Waals surface area contributed by atoms with Crippen LogP contribution in [0.1, 0.15) is 49.3 Å². The minimum Gasteiger partial charge on any atom is -0.478 e. The molecule has 1 aromatic heterocycles. The summed E-state index contributed by atoms with van der Waals surface area (Å²) in [6.45, 7) is 11.7. The van der Waals surface area contributed by atoms with Crippen LogP contribution in [0.15, 0.2) is 30.3 Å². The molecule has 2 rings (SSSR count). The summed E-state index contributed by atoms with van der Waals surface area (Å²) >= 11 is 0. The van der Waals surface area contributed by atoms with Gasteiger partial charge in [0.1, 0.15) is 0 Å². The number of carbonyl (C=O) groups is 1. The third-order valence-corrected chi connectivity index (χ3v) is 3.19. The average molecular weight is 476 g/mol. The Labute approximate surface area is 148 Å². The zero-order valence-electron chi connectivity index (χ0n) is 14.6. The van der Waals surface area contributed by atoms with E-state index in [4.69, 9.17) is 0 Å². The summed E-state index contributed by atoms with van der Waals surface area (Å²) in [6.07, 6.45) is 0. The molecule has 0 aliphatic heterocycles. The summed E-state index contributed by atoms with van der Waals surface area (Å²) in [5, 5.41) is 9.22. The van der Waals surface area contributed by atoms with Crippen LogP contribution in [0.4, 0.5) is 0 Å². The van der Waals surface area contributed by atoms with Gasteiger partial charge < -0.3 is 9.67 Å². The van der Waals surface area contributed by atoms with E-state index < -0.39 is 5.97 Å².